The van der Waals surface area contributed by atoms with Gasteiger partial charge < -0.3 is 19.5 Å². The SMILES string of the molecule is CCOC(=O)N1CCC(NC(=O)c2cnc3c(c2)ncn3Cc2ccccc2)CC1. The first kappa shape index (κ1) is 19.9. The molecule has 8 nitrogen and oxygen atoms in total. The molecule has 1 aromatic carbocycles. The predicted molar refractivity (Wildman–Crippen MR) is 112 cm³/mol. The zero-order valence-electron chi connectivity index (χ0n) is 17.0. The molecule has 0 spiro atoms. The Balaban J connectivity index is 1.38. The third-order valence-corrected chi connectivity index (χ3v) is 5.27. The van der Waals surface area contributed by atoms with E-state index in [2.05, 4.69) is 27.4 Å². The number of carbonyl (C=O) groups is 2. The van der Waals surface area contributed by atoms with Crippen LogP contribution >= 0.6 is 0 Å². The Bertz CT molecular complexity index is 1030. The smallest absolute Gasteiger partial charge is 0.409 e. The van der Waals surface area contributed by atoms with Gasteiger partial charge in [0, 0.05) is 25.3 Å². The average molecular weight is 407 g/mol. The molecule has 0 unspecified atom stereocenters. The fourth-order valence-corrected chi connectivity index (χ4v) is 3.66. The molecule has 2 amide bonds. The molecule has 0 atom stereocenters. The van der Waals surface area contributed by atoms with Crippen molar-refractivity contribution in [2.75, 3.05) is 19.7 Å². The lowest BCUT2D eigenvalue weighted by atomic mass is 10.0. The summed E-state index contributed by atoms with van der Waals surface area (Å²) in [4.78, 5) is 35.0. The van der Waals surface area contributed by atoms with Gasteiger partial charge in [0.1, 0.15) is 5.52 Å². The van der Waals surface area contributed by atoms with E-state index < -0.39 is 0 Å². The topological polar surface area (TPSA) is 89.3 Å². The first-order valence-corrected chi connectivity index (χ1v) is 10.2. The number of piperidine rings is 1. The summed E-state index contributed by atoms with van der Waals surface area (Å²) in [6.45, 7) is 3.98. The highest BCUT2D eigenvalue weighted by Gasteiger charge is 2.25. The number of nitrogens with one attached hydrogen (secondary N) is 1. The van der Waals surface area contributed by atoms with Gasteiger partial charge in [-0.05, 0) is 31.4 Å². The van der Waals surface area contributed by atoms with Gasteiger partial charge in [0.2, 0.25) is 0 Å². The van der Waals surface area contributed by atoms with Gasteiger partial charge in [-0.2, -0.15) is 0 Å². The van der Waals surface area contributed by atoms with Crippen LogP contribution in [-0.2, 0) is 11.3 Å². The molecule has 1 aliphatic rings. The van der Waals surface area contributed by atoms with E-state index >= 15 is 0 Å². The summed E-state index contributed by atoms with van der Waals surface area (Å²) in [6, 6.07) is 11.9. The second-order valence-electron chi connectivity index (χ2n) is 7.36. The third kappa shape index (κ3) is 4.42. The van der Waals surface area contributed by atoms with Gasteiger partial charge in [0.15, 0.2) is 5.65 Å². The minimum absolute atomic E-state index is 0.0227. The van der Waals surface area contributed by atoms with Gasteiger partial charge >= 0.3 is 6.09 Å². The summed E-state index contributed by atoms with van der Waals surface area (Å²) in [5.41, 5.74) is 3.09. The minimum atomic E-state index is -0.289. The van der Waals surface area contributed by atoms with Crippen molar-refractivity contribution >= 4 is 23.2 Å². The monoisotopic (exact) mass is 407 g/mol. The number of rotatable bonds is 5. The number of amides is 2. The van der Waals surface area contributed by atoms with E-state index in [0.29, 0.717) is 50.2 Å². The molecule has 1 N–H and O–H groups in total. The van der Waals surface area contributed by atoms with E-state index in [0.717, 1.165) is 11.2 Å². The van der Waals surface area contributed by atoms with Crippen LogP contribution in [0, 0.1) is 0 Å². The van der Waals surface area contributed by atoms with Crippen molar-refractivity contribution in [3.8, 4) is 0 Å². The van der Waals surface area contributed by atoms with Crippen LogP contribution < -0.4 is 5.32 Å². The van der Waals surface area contributed by atoms with Gasteiger partial charge in [-0.15, -0.1) is 0 Å². The van der Waals surface area contributed by atoms with Gasteiger partial charge in [-0.3, -0.25) is 4.79 Å². The van der Waals surface area contributed by atoms with Gasteiger partial charge in [0.05, 0.1) is 25.0 Å². The molecule has 1 saturated heterocycles. The lowest BCUT2D eigenvalue weighted by Crippen LogP contribution is -2.46. The Morgan fingerprint density at radius 2 is 1.93 bits per heavy atom. The Labute approximate surface area is 174 Å². The molecule has 0 bridgehead atoms. The van der Waals surface area contributed by atoms with E-state index in [-0.39, 0.29) is 18.0 Å². The van der Waals surface area contributed by atoms with Gasteiger partial charge in [0.25, 0.3) is 5.91 Å². The predicted octanol–water partition coefficient (Wildman–Crippen LogP) is 2.83. The van der Waals surface area contributed by atoms with Crippen LogP contribution in [0.25, 0.3) is 11.2 Å². The quantitative estimate of drug-likeness (QED) is 0.703. The number of carbonyl (C=O) groups excluding carboxylic acids is 2. The number of imidazole rings is 1. The highest BCUT2D eigenvalue weighted by molar-refractivity contribution is 5.96. The number of ether oxygens (including phenoxy) is 1. The second-order valence-corrected chi connectivity index (χ2v) is 7.36. The maximum absolute atomic E-state index is 12.7. The van der Waals surface area contributed by atoms with Gasteiger partial charge in [-0.25, -0.2) is 14.8 Å². The van der Waals surface area contributed by atoms with Crippen molar-refractivity contribution in [2.45, 2.75) is 32.4 Å². The molecule has 1 aliphatic heterocycles. The molecule has 3 aromatic rings. The van der Waals surface area contributed by atoms with Crippen molar-refractivity contribution in [1.82, 2.24) is 24.8 Å². The van der Waals surface area contributed by atoms with Gasteiger partial charge in [-0.1, -0.05) is 30.3 Å². The normalized spacial score (nSPS) is 14.6. The van der Waals surface area contributed by atoms with Crippen LogP contribution in [0.3, 0.4) is 0 Å². The molecule has 156 valence electrons. The maximum Gasteiger partial charge on any atom is 0.409 e. The molecular weight excluding hydrogens is 382 g/mol. The standard InChI is InChI=1S/C22H25N5O3/c1-2-30-22(29)26-10-8-18(9-11-26)25-21(28)17-12-19-20(23-13-17)27(15-24-19)14-16-6-4-3-5-7-16/h3-7,12-13,15,18H,2,8-11,14H2,1H3,(H,25,28). The highest BCUT2D eigenvalue weighted by atomic mass is 16.6. The molecule has 0 aliphatic carbocycles. The molecule has 30 heavy (non-hydrogen) atoms. The number of pyridine rings is 1. The molecule has 1 fully saturated rings. The number of hydrogen-bond acceptors (Lipinski definition) is 5. The van der Waals surface area contributed by atoms with Crippen molar-refractivity contribution in [3.05, 3.63) is 60.0 Å². The van der Waals surface area contributed by atoms with E-state index in [4.69, 9.17) is 4.74 Å². The Morgan fingerprint density at radius 1 is 1.17 bits per heavy atom. The van der Waals surface area contributed by atoms with Crippen LogP contribution in [0.1, 0.15) is 35.7 Å². The zero-order chi connectivity index (χ0) is 20.9. The van der Waals surface area contributed by atoms with Crippen molar-refractivity contribution in [3.63, 3.8) is 0 Å². The number of nitrogens with zero attached hydrogens (tertiary/aromatic N) is 4. The summed E-state index contributed by atoms with van der Waals surface area (Å²) in [7, 11) is 0. The fraction of sp³-hybridized carbons (Fsp3) is 0.364. The maximum atomic E-state index is 12.7. The minimum Gasteiger partial charge on any atom is -0.450 e. The van der Waals surface area contributed by atoms with E-state index in [1.807, 2.05) is 22.8 Å². The van der Waals surface area contributed by atoms with E-state index in [9.17, 15) is 9.59 Å². The zero-order valence-corrected chi connectivity index (χ0v) is 17.0. The molecule has 0 radical (unpaired) electrons. The van der Waals surface area contributed by atoms with E-state index in [1.54, 1.807) is 30.4 Å². The van der Waals surface area contributed by atoms with Crippen LogP contribution in [0.2, 0.25) is 0 Å². The number of aromatic nitrogens is 3. The van der Waals surface area contributed by atoms with Crippen LogP contribution in [-0.4, -0.2) is 57.2 Å². The van der Waals surface area contributed by atoms with E-state index in [1.165, 1.54) is 0 Å². The largest absolute Gasteiger partial charge is 0.450 e. The van der Waals surface area contributed by atoms with Crippen molar-refractivity contribution < 1.29 is 14.3 Å². The van der Waals surface area contributed by atoms with Crippen molar-refractivity contribution in [2.24, 2.45) is 0 Å². The summed E-state index contributed by atoms with van der Waals surface area (Å²) in [5, 5.41) is 3.05. The number of fused-ring (bicyclic) bond motifs is 1. The van der Waals surface area contributed by atoms with Crippen LogP contribution in [0.5, 0.6) is 0 Å². The Morgan fingerprint density at radius 3 is 2.67 bits per heavy atom. The first-order chi connectivity index (χ1) is 14.6. The summed E-state index contributed by atoms with van der Waals surface area (Å²) < 4.78 is 7.00. The number of hydrogen-bond donors (Lipinski definition) is 1. The molecule has 4 rings (SSSR count). The molecule has 2 aromatic heterocycles. The van der Waals surface area contributed by atoms with Crippen LogP contribution in [0.15, 0.2) is 48.9 Å². The molecule has 8 heteroatoms. The van der Waals surface area contributed by atoms with Crippen molar-refractivity contribution in [1.29, 1.82) is 0 Å². The molecule has 0 saturated carbocycles. The Hall–Kier alpha value is -3.42. The summed E-state index contributed by atoms with van der Waals surface area (Å²) in [5.74, 6) is -0.170. The molecular formula is C22H25N5O3. The lowest BCUT2D eigenvalue weighted by Gasteiger charge is -2.31. The second kappa shape index (κ2) is 8.94. The highest BCUT2D eigenvalue weighted by Crippen LogP contribution is 2.16. The summed E-state index contributed by atoms with van der Waals surface area (Å²) >= 11 is 0. The first-order valence-electron chi connectivity index (χ1n) is 10.2. The third-order valence-electron chi connectivity index (χ3n) is 5.27. The average Bonchev–Trinajstić information content (AvgIpc) is 3.17. The summed E-state index contributed by atoms with van der Waals surface area (Å²) in [6.07, 6.45) is 4.45. The fourth-order valence-electron chi connectivity index (χ4n) is 3.66. The lowest BCUT2D eigenvalue weighted by molar-refractivity contribution is 0.0860. The number of benzene rings is 1. The molecule has 3 heterocycles. The Kier molecular flexibility index (Phi) is 5.92. The number of likely N-dealkylation sites (tertiary alicyclic amines) is 1. The van der Waals surface area contributed by atoms with Crippen LogP contribution in [0.4, 0.5) is 4.79 Å².